The summed E-state index contributed by atoms with van der Waals surface area (Å²) in [5.74, 6) is -4.23. The fourth-order valence-electron chi connectivity index (χ4n) is 4.78. The Kier molecular flexibility index (Phi) is 9.54. The van der Waals surface area contributed by atoms with E-state index in [1.165, 1.54) is 0 Å². The summed E-state index contributed by atoms with van der Waals surface area (Å²) in [6, 6.07) is 16.1. The summed E-state index contributed by atoms with van der Waals surface area (Å²) in [5.41, 5.74) is 3.18. The first-order chi connectivity index (χ1) is 18.7. The molecule has 0 saturated heterocycles. The Labute approximate surface area is 224 Å². The molecule has 7 heteroatoms. The molecule has 0 saturated carbocycles. The van der Waals surface area contributed by atoms with Gasteiger partial charge in [0.2, 0.25) is 0 Å². The number of ether oxygens (including phenoxy) is 1. The van der Waals surface area contributed by atoms with Crippen molar-refractivity contribution in [2.24, 2.45) is 0 Å². The van der Waals surface area contributed by atoms with Crippen LogP contribution >= 0.6 is 0 Å². The highest BCUT2D eigenvalue weighted by atomic mass is 19.3. The molecule has 0 atom stereocenters. The Morgan fingerprint density at radius 2 is 1.23 bits per heavy atom. The number of benzene rings is 4. The molecule has 0 unspecified atom stereocenters. The second-order valence-electron chi connectivity index (χ2n) is 9.74. The molecule has 0 aliphatic heterocycles. The second kappa shape index (κ2) is 13.0. The molecule has 0 aliphatic carbocycles. The van der Waals surface area contributed by atoms with Gasteiger partial charge in [0.25, 0.3) is 0 Å². The average molecular weight is 545 g/mol. The van der Waals surface area contributed by atoms with E-state index in [-0.39, 0.29) is 24.2 Å². The minimum absolute atomic E-state index is 0.103. The number of unbranched alkanes of at least 4 members (excludes halogenated alkanes) is 2. The highest BCUT2D eigenvalue weighted by molar-refractivity contribution is 5.84. The molecule has 0 radical (unpaired) electrons. The van der Waals surface area contributed by atoms with Crippen LogP contribution in [0.25, 0.3) is 10.8 Å². The van der Waals surface area contributed by atoms with Gasteiger partial charge in [-0.15, -0.1) is 0 Å². The fourth-order valence-corrected chi connectivity index (χ4v) is 4.78. The molecule has 0 amide bonds. The van der Waals surface area contributed by atoms with Crippen molar-refractivity contribution < 1.29 is 31.1 Å². The van der Waals surface area contributed by atoms with E-state index in [2.05, 4.69) is 11.7 Å². The SMILES string of the molecule is CCCCCc1ccc(CCc2ccc3c(F)c(CCc4cc(F)c(OC(F)F)c(F)c4)ccc3c2)c(F)c1. The molecular weight excluding hydrogens is 514 g/mol. The lowest BCUT2D eigenvalue weighted by Gasteiger charge is -2.11. The maximum atomic E-state index is 15.2. The van der Waals surface area contributed by atoms with Gasteiger partial charge in [-0.2, -0.15) is 8.78 Å². The van der Waals surface area contributed by atoms with E-state index in [0.717, 1.165) is 48.9 Å². The van der Waals surface area contributed by atoms with Gasteiger partial charge in [-0.05, 0) is 89.9 Å². The molecule has 4 rings (SSSR count). The largest absolute Gasteiger partial charge is 0.429 e. The molecule has 39 heavy (non-hydrogen) atoms. The van der Waals surface area contributed by atoms with Crippen molar-refractivity contribution >= 4 is 10.8 Å². The normalized spacial score (nSPS) is 11.5. The number of hydrogen-bond acceptors (Lipinski definition) is 1. The standard InChI is InChI=1S/C32H30F6O/c1-2-3-4-5-20-6-10-23(27(33)17-20)11-7-21-9-15-26-25(16-21)14-13-24(30(26)36)12-8-22-18-28(34)31(29(35)19-22)39-32(37)38/h6,9-10,13-19,32H,2-5,7-8,11-12H2,1H3. The third kappa shape index (κ3) is 7.34. The van der Waals surface area contributed by atoms with Crippen LogP contribution in [0, 0.1) is 23.3 Å². The fraction of sp³-hybridized carbons (Fsp3) is 0.312. The molecular formula is C32H30F6O. The van der Waals surface area contributed by atoms with Gasteiger partial charge < -0.3 is 4.74 Å². The highest BCUT2D eigenvalue weighted by Crippen LogP contribution is 2.28. The Morgan fingerprint density at radius 1 is 0.615 bits per heavy atom. The maximum Gasteiger partial charge on any atom is 0.387 e. The summed E-state index contributed by atoms with van der Waals surface area (Å²) < 4.78 is 86.3. The molecule has 4 aromatic rings. The Hall–Kier alpha value is -3.48. The molecule has 1 nitrogen and oxygen atoms in total. The number of halogens is 6. The van der Waals surface area contributed by atoms with Crippen molar-refractivity contribution in [1.82, 2.24) is 0 Å². The van der Waals surface area contributed by atoms with E-state index in [0.29, 0.717) is 34.7 Å². The van der Waals surface area contributed by atoms with Gasteiger partial charge >= 0.3 is 6.61 Å². The Bertz CT molecular complexity index is 1410. The maximum absolute atomic E-state index is 15.2. The molecule has 0 bridgehead atoms. The summed E-state index contributed by atoms with van der Waals surface area (Å²) in [6.07, 6.45) is 5.57. The van der Waals surface area contributed by atoms with E-state index in [4.69, 9.17) is 0 Å². The monoisotopic (exact) mass is 544 g/mol. The first-order valence-electron chi connectivity index (χ1n) is 13.1. The number of fused-ring (bicyclic) bond motifs is 1. The van der Waals surface area contributed by atoms with E-state index in [1.807, 2.05) is 24.3 Å². The van der Waals surface area contributed by atoms with E-state index in [9.17, 15) is 22.0 Å². The number of rotatable bonds is 12. The van der Waals surface area contributed by atoms with Gasteiger partial charge in [0.05, 0.1) is 0 Å². The van der Waals surface area contributed by atoms with Crippen LogP contribution in [0.2, 0.25) is 0 Å². The van der Waals surface area contributed by atoms with Crippen LogP contribution in [0.3, 0.4) is 0 Å². The van der Waals surface area contributed by atoms with Crippen molar-refractivity contribution in [3.05, 3.63) is 112 Å². The van der Waals surface area contributed by atoms with Gasteiger partial charge in [-0.1, -0.05) is 62.2 Å². The number of alkyl halides is 2. The number of aryl methyl sites for hydroxylation is 5. The van der Waals surface area contributed by atoms with Crippen molar-refractivity contribution in [2.75, 3.05) is 0 Å². The first kappa shape index (κ1) is 28.5. The number of hydrogen-bond donors (Lipinski definition) is 0. The first-order valence-corrected chi connectivity index (χ1v) is 13.1. The third-order valence-corrected chi connectivity index (χ3v) is 6.92. The van der Waals surface area contributed by atoms with Crippen molar-refractivity contribution in [3.8, 4) is 5.75 Å². The van der Waals surface area contributed by atoms with Crippen LogP contribution in [0.15, 0.2) is 60.7 Å². The second-order valence-corrected chi connectivity index (χ2v) is 9.74. The molecule has 0 aliphatic rings. The zero-order valence-electron chi connectivity index (χ0n) is 21.7. The Balaban J connectivity index is 1.41. The molecule has 0 fully saturated rings. The van der Waals surface area contributed by atoms with Crippen molar-refractivity contribution in [3.63, 3.8) is 0 Å². The molecule has 0 N–H and O–H groups in total. The Morgan fingerprint density at radius 3 is 1.92 bits per heavy atom. The molecule has 0 aromatic heterocycles. The van der Waals surface area contributed by atoms with E-state index < -0.39 is 29.8 Å². The van der Waals surface area contributed by atoms with Gasteiger partial charge in [0, 0.05) is 5.39 Å². The van der Waals surface area contributed by atoms with E-state index in [1.54, 1.807) is 24.3 Å². The summed E-state index contributed by atoms with van der Waals surface area (Å²) in [5, 5.41) is 1.11. The molecule has 206 valence electrons. The lowest BCUT2D eigenvalue weighted by molar-refractivity contribution is -0.0546. The molecule has 0 heterocycles. The summed E-state index contributed by atoms with van der Waals surface area (Å²) in [6.45, 7) is -1.21. The van der Waals surface area contributed by atoms with Gasteiger partial charge in [-0.3, -0.25) is 0 Å². The van der Waals surface area contributed by atoms with E-state index >= 15 is 4.39 Å². The quantitative estimate of drug-likeness (QED) is 0.128. The van der Waals surface area contributed by atoms with Crippen LogP contribution in [0.5, 0.6) is 5.75 Å². The molecule has 0 spiro atoms. The summed E-state index contributed by atoms with van der Waals surface area (Å²) >= 11 is 0. The summed E-state index contributed by atoms with van der Waals surface area (Å²) in [7, 11) is 0. The highest BCUT2D eigenvalue weighted by Gasteiger charge is 2.17. The van der Waals surface area contributed by atoms with Crippen LogP contribution < -0.4 is 4.74 Å². The van der Waals surface area contributed by atoms with Gasteiger partial charge in [-0.25, -0.2) is 17.6 Å². The van der Waals surface area contributed by atoms with Gasteiger partial charge in [0.15, 0.2) is 17.4 Å². The van der Waals surface area contributed by atoms with Crippen molar-refractivity contribution in [2.45, 2.75) is 64.9 Å². The lowest BCUT2D eigenvalue weighted by atomic mass is 9.96. The predicted octanol–water partition coefficient (Wildman–Crippen LogP) is 9.30. The minimum Gasteiger partial charge on any atom is -0.429 e. The smallest absolute Gasteiger partial charge is 0.387 e. The van der Waals surface area contributed by atoms with Crippen LogP contribution in [0.1, 0.15) is 54.0 Å². The lowest BCUT2D eigenvalue weighted by Crippen LogP contribution is -2.06. The van der Waals surface area contributed by atoms with Gasteiger partial charge in [0.1, 0.15) is 11.6 Å². The zero-order chi connectivity index (χ0) is 27.9. The van der Waals surface area contributed by atoms with Crippen molar-refractivity contribution in [1.29, 1.82) is 0 Å². The van der Waals surface area contributed by atoms with Crippen LogP contribution in [-0.4, -0.2) is 6.61 Å². The third-order valence-electron chi connectivity index (χ3n) is 6.92. The average Bonchev–Trinajstić information content (AvgIpc) is 2.90. The predicted molar refractivity (Wildman–Crippen MR) is 141 cm³/mol. The van der Waals surface area contributed by atoms with Crippen LogP contribution in [0.4, 0.5) is 26.3 Å². The zero-order valence-corrected chi connectivity index (χ0v) is 21.7. The topological polar surface area (TPSA) is 9.23 Å². The van der Waals surface area contributed by atoms with Crippen LogP contribution in [-0.2, 0) is 32.1 Å². The molecule has 4 aromatic carbocycles. The minimum atomic E-state index is -3.35. The summed E-state index contributed by atoms with van der Waals surface area (Å²) in [4.78, 5) is 0.